The molecular formula is C14H29NO2S. The second-order valence-corrected chi connectivity index (χ2v) is 7.96. The van der Waals surface area contributed by atoms with Gasteiger partial charge >= 0.3 is 0 Å². The zero-order valence-electron chi connectivity index (χ0n) is 12.0. The minimum atomic E-state index is -2.78. The molecule has 4 heteroatoms. The summed E-state index contributed by atoms with van der Waals surface area (Å²) in [6.07, 6.45) is 8.26. The van der Waals surface area contributed by atoms with Crippen molar-refractivity contribution >= 4 is 9.84 Å². The predicted octanol–water partition coefficient (Wildman–Crippen LogP) is 2.76. The van der Waals surface area contributed by atoms with E-state index in [1.54, 1.807) is 6.92 Å². The lowest BCUT2D eigenvalue weighted by Gasteiger charge is -2.32. The van der Waals surface area contributed by atoms with E-state index in [0.717, 1.165) is 19.4 Å². The largest absolute Gasteiger partial charge is 0.314 e. The highest BCUT2D eigenvalue weighted by Crippen LogP contribution is 2.28. The average molecular weight is 275 g/mol. The Hall–Kier alpha value is -0.0900. The molecule has 18 heavy (non-hydrogen) atoms. The van der Waals surface area contributed by atoms with Crippen molar-refractivity contribution in [2.75, 3.05) is 18.1 Å². The third-order valence-electron chi connectivity index (χ3n) is 4.04. The molecule has 0 radical (unpaired) electrons. The Morgan fingerprint density at radius 3 is 2.56 bits per heavy atom. The zero-order valence-corrected chi connectivity index (χ0v) is 12.8. The molecule has 108 valence electrons. The normalized spacial score (nSPS) is 25.2. The summed E-state index contributed by atoms with van der Waals surface area (Å²) in [5.74, 6) is 1.35. The molecule has 0 amide bonds. The first-order chi connectivity index (χ1) is 8.59. The summed E-state index contributed by atoms with van der Waals surface area (Å²) in [6, 6.07) is 0.628. The van der Waals surface area contributed by atoms with Gasteiger partial charge < -0.3 is 5.32 Å². The molecule has 2 atom stereocenters. The van der Waals surface area contributed by atoms with Gasteiger partial charge in [-0.1, -0.05) is 26.7 Å². The molecule has 1 saturated carbocycles. The lowest BCUT2D eigenvalue weighted by Crippen LogP contribution is -2.39. The second-order valence-electron chi connectivity index (χ2n) is 5.48. The van der Waals surface area contributed by atoms with E-state index in [4.69, 9.17) is 0 Å². The third kappa shape index (κ3) is 5.70. The Bertz CT molecular complexity index is 314. The summed E-state index contributed by atoms with van der Waals surface area (Å²) >= 11 is 0. The van der Waals surface area contributed by atoms with E-state index in [1.807, 2.05) is 0 Å². The van der Waals surface area contributed by atoms with Gasteiger partial charge in [-0.25, -0.2) is 8.42 Å². The van der Waals surface area contributed by atoms with Gasteiger partial charge in [0.05, 0.1) is 5.75 Å². The molecule has 1 fully saturated rings. The number of sulfone groups is 1. The molecule has 0 aliphatic heterocycles. The van der Waals surface area contributed by atoms with Crippen LogP contribution in [0.5, 0.6) is 0 Å². The van der Waals surface area contributed by atoms with Crippen LogP contribution in [-0.2, 0) is 9.84 Å². The lowest BCUT2D eigenvalue weighted by atomic mass is 9.82. The standard InChI is InChI=1S/C14H29NO2S/c1-3-11-15-14-10-6-5-8-13(14)9-7-12-18(16,17)4-2/h13-15H,3-12H2,1-2H3. The van der Waals surface area contributed by atoms with Gasteiger partial charge in [-0.2, -0.15) is 0 Å². The Balaban J connectivity index is 2.33. The topological polar surface area (TPSA) is 46.2 Å². The van der Waals surface area contributed by atoms with Gasteiger partial charge in [0.2, 0.25) is 0 Å². The first-order valence-corrected chi connectivity index (χ1v) is 9.35. The Morgan fingerprint density at radius 2 is 1.89 bits per heavy atom. The predicted molar refractivity (Wildman–Crippen MR) is 77.6 cm³/mol. The Kier molecular flexibility index (Phi) is 7.23. The highest BCUT2D eigenvalue weighted by molar-refractivity contribution is 7.91. The summed E-state index contributed by atoms with van der Waals surface area (Å²) in [6.45, 7) is 5.02. The molecule has 2 unspecified atom stereocenters. The third-order valence-corrected chi connectivity index (χ3v) is 5.83. The van der Waals surface area contributed by atoms with Crippen LogP contribution in [0.1, 0.15) is 58.8 Å². The first kappa shape index (κ1) is 16.0. The van der Waals surface area contributed by atoms with E-state index in [1.165, 1.54) is 32.1 Å². The quantitative estimate of drug-likeness (QED) is 0.741. The van der Waals surface area contributed by atoms with Crippen LogP contribution in [0.4, 0.5) is 0 Å². The fourth-order valence-corrected chi connectivity index (χ4v) is 3.76. The molecule has 1 aliphatic rings. The molecule has 0 spiro atoms. The summed E-state index contributed by atoms with van der Waals surface area (Å²) in [7, 11) is -2.78. The van der Waals surface area contributed by atoms with Gasteiger partial charge in [0.25, 0.3) is 0 Å². The van der Waals surface area contributed by atoms with Gasteiger partial charge in [0.15, 0.2) is 0 Å². The molecule has 0 bridgehead atoms. The fraction of sp³-hybridized carbons (Fsp3) is 1.00. The maximum Gasteiger partial charge on any atom is 0.150 e. The van der Waals surface area contributed by atoms with Crippen molar-refractivity contribution in [3.63, 3.8) is 0 Å². The highest BCUT2D eigenvalue weighted by Gasteiger charge is 2.24. The first-order valence-electron chi connectivity index (χ1n) is 7.53. The van der Waals surface area contributed by atoms with E-state index >= 15 is 0 Å². The van der Waals surface area contributed by atoms with Crippen LogP contribution in [0.2, 0.25) is 0 Å². The van der Waals surface area contributed by atoms with E-state index < -0.39 is 9.84 Å². The van der Waals surface area contributed by atoms with Crippen LogP contribution >= 0.6 is 0 Å². The fourth-order valence-electron chi connectivity index (χ4n) is 2.86. The molecule has 1 rings (SSSR count). The SMILES string of the molecule is CCCNC1CCCCC1CCCS(=O)(=O)CC. The number of rotatable bonds is 8. The molecule has 0 aromatic rings. The Labute approximate surface area is 113 Å². The van der Waals surface area contributed by atoms with Gasteiger partial charge in [0.1, 0.15) is 9.84 Å². The van der Waals surface area contributed by atoms with Gasteiger partial charge in [0, 0.05) is 11.8 Å². The van der Waals surface area contributed by atoms with Crippen LogP contribution < -0.4 is 5.32 Å². The monoisotopic (exact) mass is 275 g/mol. The molecule has 1 N–H and O–H groups in total. The van der Waals surface area contributed by atoms with Crippen molar-refractivity contribution in [1.29, 1.82) is 0 Å². The van der Waals surface area contributed by atoms with Crippen molar-refractivity contribution < 1.29 is 8.42 Å². The minimum absolute atomic E-state index is 0.287. The maximum absolute atomic E-state index is 11.5. The number of nitrogens with one attached hydrogen (secondary N) is 1. The lowest BCUT2D eigenvalue weighted by molar-refractivity contribution is 0.248. The Morgan fingerprint density at radius 1 is 1.17 bits per heavy atom. The van der Waals surface area contributed by atoms with Crippen LogP contribution in [0.25, 0.3) is 0 Å². The molecule has 0 aromatic carbocycles. The van der Waals surface area contributed by atoms with Gasteiger partial charge in [-0.15, -0.1) is 0 Å². The van der Waals surface area contributed by atoms with Crippen molar-refractivity contribution in [2.24, 2.45) is 5.92 Å². The van der Waals surface area contributed by atoms with E-state index in [-0.39, 0.29) is 5.75 Å². The van der Waals surface area contributed by atoms with Crippen LogP contribution in [0, 0.1) is 5.92 Å². The van der Waals surface area contributed by atoms with E-state index in [0.29, 0.717) is 17.7 Å². The van der Waals surface area contributed by atoms with E-state index in [2.05, 4.69) is 12.2 Å². The number of hydrogen-bond donors (Lipinski definition) is 1. The smallest absolute Gasteiger partial charge is 0.150 e. The second kappa shape index (κ2) is 8.16. The number of hydrogen-bond acceptors (Lipinski definition) is 3. The molecule has 1 aliphatic carbocycles. The zero-order chi connectivity index (χ0) is 13.4. The van der Waals surface area contributed by atoms with Crippen molar-refractivity contribution in [3.05, 3.63) is 0 Å². The average Bonchev–Trinajstić information content (AvgIpc) is 2.37. The molecule has 0 saturated heterocycles. The van der Waals surface area contributed by atoms with Crippen molar-refractivity contribution in [2.45, 2.75) is 64.8 Å². The molecular weight excluding hydrogens is 246 g/mol. The van der Waals surface area contributed by atoms with Crippen LogP contribution in [-0.4, -0.2) is 32.5 Å². The summed E-state index contributed by atoms with van der Waals surface area (Å²) < 4.78 is 23.0. The van der Waals surface area contributed by atoms with Crippen LogP contribution in [0.15, 0.2) is 0 Å². The van der Waals surface area contributed by atoms with Crippen LogP contribution in [0.3, 0.4) is 0 Å². The van der Waals surface area contributed by atoms with Gasteiger partial charge in [-0.05, 0) is 44.6 Å². The van der Waals surface area contributed by atoms with Crippen molar-refractivity contribution in [1.82, 2.24) is 5.32 Å². The summed E-state index contributed by atoms with van der Waals surface area (Å²) in [5, 5.41) is 3.63. The summed E-state index contributed by atoms with van der Waals surface area (Å²) in [5.41, 5.74) is 0. The summed E-state index contributed by atoms with van der Waals surface area (Å²) in [4.78, 5) is 0. The molecule has 3 nitrogen and oxygen atoms in total. The van der Waals surface area contributed by atoms with Crippen molar-refractivity contribution in [3.8, 4) is 0 Å². The minimum Gasteiger partial charge on any atom is -0.314 e. The maximum atomic E-state index is 11.5. The van der Waals surface area contributed by atoms with Gasteiger partial charge in [-0.3, -0.25) is 0 Å². The molecule has 0 aromatic heterocycles. The van der Waals surface area contributed by atoms with E-state index in [9.17, 15) is 8.42 Å². The highest BCUT2D eigenvalue weighted by atomic mass is 32.2. The molecule has 0 heterocycles.